The van der Waals surface area contributed by atoms with E-state index in [1.807, 2.05) is 0 Å². The van der Waals surface area contributed by atoms with Crippen LogP contribution in [0.3, 0.4) is 0 Å². The third-order valence-corrected chi connectivity index (χ3v) is 5.15. The van der Waals surface area contributed by atoms with Crippen LogP contribution in [0.25, 0.3) is 0 Å². The molecule has 0 amide bonds. The van der Waals surface area contributed by atoms with Gasteiger partial charge in [-0.1, -0.05) is 6.08 Å². The van der Waals surface area contributed by atoms with Gasteiger partial charge in [-0.2, -0.15) is 13.2 Å². The number of rotatable bonds is 7. The highest BCUT2D eigenvalue weighted by atomic mass is 19.4. The van der Waals surface area contributed by atoms with E-state index in [1.54, 1.807) is 6.08 Å². The fraction of sp³-hybridized carbons (Fsp3) is 0.526. The quantitative estimate of drug-likeness (QED) is 0.534. The van der Waals surface area contributed by atoms with Crippen molar-refractivity contribution in [3.8, 4) is 0 Å². The number of methoxy groups -OCH3 is 1. The number of alkyl halides is 3. The second-order valence-electron chi connectivity index (χ2n) is 6.89. The summed E-state index contributed by atoms with van der Waals surface area (Å²) in [5.41, 5.74) is -1.85. The number of aromatic nitrogens is 1. The Bertz CT molecular complexity index is 775. The maximum atomic E-state index is 13.2. The van der Waals surface area contributed by atoms with Crippen LogP contribution in [0.15, 0.2) is 24.3 Å². The van der Waals surface area contributed by atoms with E-state index in [0.29, 0.717) is 19.3 Å². The van der Waals surface area contributed by atoms with Crippen LogP contribution in [0.1, 0.15) is 41.0 Å². The van der Waals surface area contributed by atoms with E-state index in [4.69, 9.17) is 9.47 Å². The number of ketones is 2. The molecule has 5 nitrogen and oxygen atoms in total. The van der Waals surface area contributed by atoms with E-state index < -0.39 is 17.3 Å². The molecule has 1 aromatic rings. The van der Waals surface area contributed by atoms with Crippen LogP contribution in [-0.2, 0) is 27.1 Å². The molecule has 8 heteroatoms. The highest BCUT2D eigenvalue weighted by molar-refractivity contribution is 6.06. The molecule has 0 spiro atoms. The first-order valence-corrected chi connectivity index (χ1v) is 8.68. The number of carbonyl (C=O) groups is 2. The lowest BCUT2D eigenvalue weighted by Crippen LogP contribution is -2.31. The summed E-state index contributed by atoms with van der Waals surface area (Å²) in [4.78, 5) is 28.7. The van der Waals surface area contributed by atoms with Gasteiger partial charge in [0.05, 0.1) is 30.9 Å². The number of Topliss-reactive ketones (excluding diaryl/α,β-unsaturated/α-hetero) is 1. The molecule has 2 aliphatic carbocycles. The monoisotopic (exact) mass is 383 g/mol. The first-order chi connectivity index (χ1) is 12.8. The van der Waals surface area contributed by atoms with Crippen molar-refractivity contribution < 1.29 is 32.2 Å². The molecule has 3 rings (SSSR count). The predicted octanol–water partition coefficient (Wildman–Crippen LogP) is 3.37. The molecular weight excluding hydrogens is 363 g/mol. The van der Waals surface area contributed by atoms with Gasteiger partial charge >= 0.3 is 6.18 Å². The highest BCUT2D eigenvalue weighted by Gasteiger charge is 2.48. The van der Waals surface area contributed by atoms with Crippen LogP contribution in [0.5, 0.6) is 0 Å². The Kier molecular flexibility index (Phi) is 5.48. The van der Waals surface area contributed by atoms with Crippen molar-refractivity contribution in [3.63, 3.8) is 0 Å². The number of hydrogen-bond donors (Lipinski definition) is 0. The lowest BCUT2D eigenvalue weighted by atomic mass is 9.74. The normalized spacial score (nSPS) is 24.4. The van der Waals surface area contributed by atoms with Gasteiger partial charge in [0.25, 0.3) is 0 Å². The summed E-state index contributed by atoms with van der Waals surface area (Å²) in [6, 6.07) is 1.98. The molecule has 146 valence electrons. The minimum absolute atomic E-state index is 0.00425. The zero-order chi connectivity index (χ0) is 19.7. The van der Waals surface area contributed by atoms with Crippen LogP contribution >= 0.6 is 0 Å². The Balaban J connectivity index is 1.92. The van der Waals surface area contributed by atoms with Crippen LogP contribution in [0.4, 0.5) is 13.2 Å². The van der Waals surface area contributed by atoms with Gasteiger partial charge in [-0.25, -0.2) is 4.98 Å². The van der Waals surface area contributed by atoms with Gasteiger partial charge < -0.3 is 9.47 Å². The van der Waals surface area contributed by atoms with E-state index in [1.165, 1.54) is 19.3 Å². The van der Waals surface area contributed by atoms with Crippen molar-refractivity contribution in [3.05, 3.63) is 41.2 Å². The van der Waals surface area contributed by atoms with Crippen molar-refractivity contribution in [1.29, 1.82) is 0 Å². The number of pyridine rings is 1. The van der Waals surface area contributed by atoms with Crippen molar-refractivity contribution in [1.82, 2.24) is 4.98 Å². The summed E-state index contributed by atoms with van der Waals surface area (Å²) in [7, 11) is 1.48. The molecule has 0 saturated heterocycles. The summed E-state index contributed by atoms with van der Waals surface area (Å²) in [5.74, 6) is -0.493. The molecule has 1 aromatic heterocycles. The maximum absolute atomic E-state index is 13.2. The van der Waals surface area contributed by atoms with Gasteiger partial charge in [0.1, 0.15) is 5.69 Å². The molecule has 0 radical (unpaired) electrons. The van der Waals surface area contributed by atoms with E-state index in [9.17, 15) is 22.8 Å². The standard InChI is InChI=1S/C19H20F3NO4/c1-26-8-9-27-11-14-13(2-3-16(23-14)19(20,21)22)17(25)18-6-4-12(10-18)15(24)5-7-18/h2-3,5,7,12H,4,6,8-11H2,1H3. The van der Waals surface area contributed by atoms with Crippen LogP contribution in [-0.4, -0.2) is 36.9 Å². The van der Waals surface area contributed by atoms with Crippen molar-refractivity contribution >= 4 is 11.6 Å². The van der Waals surface area contributed by atoms with Crippen LogP contribution < -0.4 is 0 Å². The largest absolute Gasteiger partial charge is 0.433 e. The second-order valence-corrected chi connectivity index (χ2v) is 6.89. The fourth-order valence-corrected chi connectivity index (χ4v) is 3.68. The van der Waals surface area contributed by atoms with Gasteiger partial charge in [0.15, 0.2) is 11.6 Å². The number of nitrogens with zero attached hydrogens (tertiary/aromatic N) is 1. The number of ether oxygens (including phenoxy) is 2. The Hall–Kier alpha value is -2.06. The molecule has 0 aliphatic heterocycles. The Morgan fingerprint density at radius 2 is 2.11 bits per heavy atom. The first-order valence-electron chi connectivity index (χ1n) is 8.68. The number of carbonyl (C=O) groups excluding carboxylic acids is 2. The Morgan fingerprint density at radius 1 is 1.33 bits per heavy atom. The van der Waals surface area contributed by atoms with Gasteiger partial charge in [0, 0.05) is 18.6 Å². The number of halogens is 3. The topological polar surface area (TPSA) is 65.5 Å². The molecule has 0 N–H and O–H groups in total. The summed E-state index contributed by atoms with van der Waals surface area (Å²) < 4.78 is 49.3. The van der Waals surface area contributed by atoms with Gasteiger partial charge in [-0.3, -0.25) is 9.59 Å². The lowest BCUT2D eigenvalue weighted by Gasteiger charge is -2.27. The first kappa shape index (κ1) is 19.7. The van der Waals surface area contributed by atoms with Crippen molar-refractivity contribution in [2.24, 2.45) is 11.3 Å². The molecule has 2 unspecified atom stereocenters. The van der Waals surface area contributed by atoms with Crippen molar-refractivity contribution in [2.45, 2.75) is 32.0 Å². The van der Waals surface area contributed by atoms with E-state index in [0.717, 1.165) is 6.07 Å². The minimum Gasteiger partial charge on any atom is -0.382 e. The number of hydrogen-bond acceptors (Lipinski definition) is 5. The number of allylic oxidation sites excluding steroid dienone is 2. The van der Waals surface area contributed by atoms with Gasteiger partial charge in [0.2, 0.25) is 0 Å². The van der Waals surface area contributed by atoms with Crippen LogP contribution in [0.2, 0.25) is 0 Å². The van der Waals surface area contributed by atoms with E-state index >= 15 is 0 Å². The Labute approximate surface area is 154 Å². The molecule has 0 aromatic carbocycles. The van der Waals surface area contributed by atoms with E-state index in [2.05, 4.69) is 4.98 Å². The molecule has 2 atom stereocenters. The van der Waals surface area contributed by atoms with Crippen LogP contribution in [0, 0.1) is 11.3 Å². The zero-order valence-electron chi connectivity index (χ0n) is 14.8. The summed E-state index contributed by atoms with van der Waals surface area (Å²) in [5, 5.41) is 0. The molecule has 27 heavy (non-hydrogen) atoms. The molecule has 1 heterocycles. The molecular formula is C19H20F3NO4. The summed E-state index contributed by atoms with van der Waals surface area (Å²) in [6.45, 7) is 0.221. The van der Waals surface area contributed by atoms with Gasteiger partial charge in [-0.15, -0.1) is 0 Å². The lowest BCUT2D eigenvalue weighted by molar-refractivity contribution is -0.141. The second kappa shape index (κ2) is 7.52. The van der Waals surface area contributed by atoms with E-state index in [-0.39, 0.29) is 48.6 Å². The SMILES string of the molecule is COCCOCc1nc(C(F)(F)F)ccc1C(=O)C12C=CC(=O)C(CC1)C2. The Morgan fingerprint density at radius 3 is 2.81 bits per heavy atom. The number of fused-ring (bicyclic) bond motifs is 2. The third-order valence-electron chi connectivity index (χ3n) is 5.15. The average Bonchev–Trinajstić information content (AvgIpc) is 3.01. The predicted molar refractivity (Wildman–Crippen MR) is 89.0 cm³/mol. The maximum Gasteiger partial charge on any atom is 0.433 e. The molecule has 2 bridgehead atoms. The minimum atomic E-state index is -4.61. The molecule has 2 aliphatic rings. The smallest absolute Gasteiger partial charge is 0.382 e. The summed E-state index contributed by atoms with van der Waals surface area (Å²) in [6.07, 6.45) is -0.0856. The third kappa shape index (κ3) is 3.96. The van der Waals surface area contributed by atoms with Gasteiger partial charge in [-0.05, 0) is 37.5 Å². The average molecular weight is 383 g/mol. The van der Waals surface area contributed by atoms with Crippen molar-refractivity contribution in [2.75, 3.05) is 20.3 Å². The molecule has 1 saturated carbocycles. The highest BCUT2D eigenvalue weighted by Crippen LogP contribution is 2.48. The molecule has 1 fully saturated rings. The fourth-order valence-electron chi connectivity index (χ4n) is 3.68. The zero-order valence-corrected chi connectivity index (χ0v) is 14.8. The summed E-state index contributed by atoms with van der Waals surface area (Å²) >= 11 is 0.